The Bertz CT molecular complexity index is 841. The van der Waals surface area contributed by atoms with Crippen LogP contribution in [-0.4, -0.2) is 35.6 Å². The molecule has 7 nitrogen and oxygen atoms in total. The van der Waals surface area contributed by atoms with E-state index >= 15 is 0 Å². The first-order chi connectivity index (χ1) is 12.2. The van der Waals surface area contributed by atoms with Crippen LogP contribution in [0.3, 0.4) is 0 Å². The van der Waals surface area contributed by atoms with Gasteiger partial charge < -0.3 is 18.3 Å². The predicted molar refractivity (Wildman–Crippen MR) is 90.7 cm³/mol. The Labute approximate surface area is 148 Å². The molecule has 3 rings (SSSR count). The van der Waals surface area contributed by atoms with Crippen LogP contribution in [0.15, 0.2) is 50.7 Å². The summed E-state index contributed by atoms with van der Waals surface area (Å²) in [7, 11) is 1.35. The number of esters is 1. The molecule has 0 aliphatic carbocycles. The van der Waals surface area contributed by atoms with Crippen LogP contribution in [0.4, 0.5) is 0 Å². The van der Waals surface area contributed by atoms with E-state index in [1.165, 1.54) is 18.9 Å². The number of aromatic nitrogens is 2. The smallest absolute Gasteiger partial charge is 0.337 e. The van der Waals surface area contributed by atoms with Crippen LogP contribution in [0.2, 0.25) is 0 Å². The van der Waals surface area contributed by atoms with Gasteiger partial charge in [0.2, 0.25) is 0 Å². The van der Waals surface area contributed by atoms with Gasteiger partial charge in [-0.05, 0) is 37.3 Å². The van der Waals surface area contributed by atoms with Crippen molar-refractivity contribution in [3.05, 3.63) is 47.9 Å². The molecule has 1 aromatic carbocycles. The summed E-state index contributed by atoms with van der Waals surface area (Å²) in [5, 5.41) is 8.48. The third kappa shape index (κ3) is 4.21. The zero-order valence-corrected chi connectivity index (χ0v) is 14.5. The van der Waals surface area contributed by atoms with E-state index in [4.69, 9.17) is 13.6 Å². The molecule has 0 radical (unpaired) electrons. The van der Waals surface area contributed by atoms with Gasteiger partial charge in [-0.1, -0.05) is 11.8 Å². The molecule has 0 saturated carbocycles. The molecule has 0 spiro atoms. The number of methoxy groups -OCH3 is 1. The number of furan rings is 1. The highest BCUT2D eigenvalue weighted by atomic mass is 32.2. The molecule has 0 saturated heterocycles. The van der Waals surface area contributed by atoms with Crippen LogP contribution in [0.5, 0.6) is 5.75 Å². The van der Waals surface area contributed by atoms with Gasteiger partial charge in [-0.3, -0.25) is 0 Å². The lowest BCUT2D eigenvalue weighted by molar-refractivity contribution is 0.0600. The molecule has 0 aliphatic rings. The van der Waals surface area contributed by atoms with E-state index in [0.717, 1.165) is 11.3 Å². The molecule has 2 aromatic heterocycles. The lowest BCUT2D eigenvalue weighted by Crippen LogP contribution is -2.02. The number of rotatable bonds is 7. The Kier molecular flexibility index (Phi) is 5.39. The fourth-order valence-corrected chi connectivity index (χ4v) is 2.66. The number of carbonyl (C=O) groups is 1. The Hall–Kier alpha value is -2.74. The minimum Gasteiger partial charge on any atom is -0.493 e. The van der Waals surface area contributed by atoms with Crippen LogP contribution >= 0.6 is 11.8 Å². The van der Waals surface area contributed by atoms with Gasteiger partial charge in [-0.15, -0.1) is 10.2 Å². The van der Waals surface area contributed by atoms with Gasteiger partial charge in [0, 0.05) is 5.75 Å². The summed E-state index contributed by atoms with van der Waals surface area (Å²) < 4.78 is 21.1. The Balaban J connectivity index is 1.47. The monoisotopic (exact) mass is 360 g/mol. The minimum absolute atomic E-state index is 0.373. The second-order valence-electron chi connectivity index (χ2n) is 4.98. The van der Waals surface area contributed by atoms with E-state index in [1.807, 2.05) is 6.92 Å². The fourth-order valence-electron chi connectivity index (χ4n) is 2.08. The SMILES string of the molecule is COC(=O)c1ccc(OCCSc2nnc(-c3ccoc3C)o2)cc1. The van der Waals surface area contributed by atoms with Gasteiger partial charge in [-0.2, -0.15) is 0 Å². The molecule has 8 heteroatoms. The first-order valence-corrected chi connectivity index (χ1v) is 8.48. The number of ether oxygens (including phenoxy) is 2. The van der Waals surface area contributed by atoms with Crippen molar-refractivity contribution in [2.24, 2.45) is 0 Å². The van der Waals surface area contributed by atoms with Gasteiger partial charge in [0.25, 0.3) is 11.1 Å². The minimum atomic E-state index is -0.373. The lowest BCUT2D eigenvalue weighted by atomic mass is 10.2. The van der Waals surface area contributed by atoms with E-state index in [2.05, 4.69) is 14.9 Å². The fraction of sp³-hybridized carbons (Fsp3) is 0.235. The summed E-state index contributed by atoms with van der Waals surface area (Å²) in [5.41, 5.74) is 1.28. The molecule has 0 amide bonds. The van der Waals surface area contributed by atoms with Crippen LogP contribution in [-0.2, 0) is 4.74 Å². The van der Waals surface area contributed by atoms with Gasteiger partial charge >= 0.3 is 5.97 Å². The first kappa shape index (κ1) is 17.1. The highest BCUT2D eigenvalue weighted by Crippen LogP contribution is 2.26. The maximum absolute atomic E-state index is 11.4. The third-order valence-electron chi connectivity index (χ3n) is 3.35. The summed E-state index contributed by atoms with van der Waals surface area (Å²) in [6, 6.07) is 8.56. The molecule has 0 atom stereocenters. The first-order valence-electron chi connectivity index (χ1n) is 7.49. The van der Waals surface area contributed by atoms with Crippen molar-refractivity contribution < 1.29 is 23.1 Å². The van der Waals surface area contributed by atoms with Crippen molar-refractivity contribution in [1.29, 1.82) is 0 Å². The number of hydrogen-bond donors (Lipinski definition) is 0. The maximum atomic E-state index is 11.4. The Morgan fingerprint density at radius 2 is 2.00 bits per heavy atom. The number of thioether (sulfide) groups is 1. The van der Waals surface area contributed by atoms with Gasteiger partial charge in [0.1, 0.15) is 11.5 Å². The second-order valence-corrected chi connectivity index (χ2v) is 6.02. The van der Waals surface area contributed by atoms with E-state index in [-0.39, 0.29) is 5.97 Å². The highest BCUT2D eigenvalue weighted by molar-refractivity contribution is 7.99. The molecule has 0 unspecified atom stereocenters. The van der Waals surface area contributed by atoms with Crippen molar-refractivity contribution in [3.63, 3.8) is 0 Å². The quantitative estimate of drug-likeness (QED) is 0.359. The molecule has 3 aromatic rings. The van der Waals surface area contributed by atoms with Crippen molar-refractivity contribution in [1.82, 2.24) is 10.2 Å². The average molecular weight is 360 g/mol. The summed E-state index contributed by atoms with van der Waals surface area (Å²) in [4.78, 5) is 11.4. The van der Waals surface area contributed by atoms with Gasteiger partial charge in [0.15, 0.2) is 0 Å². The van der Waals surface area contributed by atoms with Crippen LogP contribution in [0, 0.1) is 6.92 Å². The van der Waals surface area contributed by atoms with Crippen LogP contribution in [0.25, 0.3) is 11.5 Å². The summed E-state index contributed by atoms with van der Waals surface area (Å²) in [5.74, 6) is 2.12. The van der Waals surface area contributed by atoms with E-state index in [9.17, 15) is 4.79 Å². The molecule has 25 heavy (non-hydrogen) atoms. The highest BCUT2D eigenvalue weighted by Gasteiger charge is 2.13. The third-order valence-corrected chi connectivity index (χ3v) is 4.13. The summed E-state index contributed by atoms with van der Waals surface area (Å²) >= 11 is 1.41. The summed E-state index contributed by atoms with van der Waals surface area (Å²) in [6.07, 6.45) is 1.58. The van der Waals surface area contributed by atoms with E-state index in [1.54, 1.807) is 36.6 Å². The average Bonchev–Trinajstić information content (AvgIpc) is 3.27. The number of aryl methyl sites for hydroxylation is 1. The normalized spacial score (nSPS) is 10.6. The topological polar surface area (TPSA) is 87.6 Å². The Morgan fingerprint density at radius 1 is 1.20 bits per heavy atom. The van der Waals surface area contributed by atoms with Crippen molar-refractivity contribution in [3.8, 4) is 17.2 Å². The number of hydrogen-bond acceptors (Lipinski definition) is 8. The lowest BCUT2D eigenvalue weighted by Gasteiger charge is -2.05. The molecule has 0 fully saturated rings. The number of nitrogens with zero attached hydrogens (tertiary/aromatic N) is 2. The zero-order chi connectivity index (χ0) is 17.6. The van der Waals surface area contributed by atoms with E-state index < -0.39 is 0 Å². The number of benzene rings is 1. The molecule has 130 valence electrons. The maximum Gasteiger partial charge on any atom is 0.337 e. The molecule has 2 heterocycles. The Morgan fingerprint density at radius 3 is 2.68 bits per heavy atom. The summed E-state index contributed by atoms with van der Waals surface area (Å²) in [6.45, 7) is 2.30. The van der Waals surface area contributed by atoms with Crippen molar-refractivity contribution >= 4 is 17.7 Å². The zero-order valence-electron chi connectivity index (χ0n) is 13.7. The largest absolute Gasteiger partial charge is 0.493 e. The van der Waals surface area contributed by atoms with Crippen LogP contribution < -0.4 is 4.74 Å². The molecular formula is C17H16N2O5S. The molecule has 0 aliphatic heterocycles. The molecule has 0 bridgehead atoms. The standard InChI is InChI=1S/C17H16N2O5S/c1-11-14(7-8-22-11)15-18-19-17(24-15)25-10-9-23-13-5-3-12(4-6-13)16(20)21-2/h3-8H,9-10H2,1-2H3. The van der Waals surface area contributed by atoms with Crippen LogP contribution in [0.1, 0.15) is 16.1 Å². The second kappa shape index (κ2) is 7.89. The molecule has 0 N–H and O–H groups in total. The predicted octanol–water partition coefficient (Wildman–Crippen LogP) is 3.60. The van der Waals surface area contributed by atoms with Crippen molar-refractivity contribution in [2.45, 2.75) is 12.1 Å². The van der Waals surface area contributed by atoms with Crippen molar-refractivity contribution in [2.75, 3.05) is 19.5 Å². The van der Waals surface area contributed by atoms with Gasteiger partial charge in [-0.25, -0.2) is 4.79 Å². The molecular weight excluding hydrogens is 344 g/mol. The van der Waals surface area contributed by atoms with E-state index in [0.29, 0.717) is 34.8 Å². The number of carbonyl (C=O) groups excluding carboxylic acids is 1. The van der Waals surface area contributed by atoms with Gasteiger partial charge in [0.05, 0.1) is 31.1 Å².